The van der Waals surface area contributed by atoms with Crippen LogP contribution < -0.4 is 15.2 Å². The van der Waals surface area contributed by atoms with E-state index in [9.17, 15) is 4.79 Å². The second kappa shape index (κ2) is 10.7. The molecule has 0 radical (unpaired) electrons. The summed E-state index contributed by atoms with van der Waals surface area (Å²) in [6.45, 7) is 3.62. The number of piperazine rings is 1. The average molecular weight is 516 g/mol. The van der Waals surface area contributed by atoms with Crippen LogP contribution in [0.3, 0.4) is 0 Å². The van der Waals surface area contributed by atoms with Gasteiger partial charge in [0.15, 0.2) is 0 Å². The number of nitrogens with zero attached hydrogens (tertiary/aromatic N) is 4. The van der Waals surface area contributed by atoms with E-state index >= 15 is 0 Å². The number of hydrogen-bond acceptors (Lipinski definition) is 6. The van der Waals surface area contributed by atoms with Crippen molar-refractivity contribution >= 4 is 40.5 Å². The summed E-state index contributed by atoms with van der Waals surface area (Å²) in [5.41, 5.74) is 5.31. The molecule has 5 rings (SSSR count). The van der Waals surface area contributed by atoms with Gasteiger partial charge in [-0.3, -0.25) is 20.1 Å². The van der Waals surface area contributed by atoms with Crippen LogP contribution in [-0.4, -0.2) is 60.9 Å². The van der Waals surface area contributed by atoms with Gasteiger partial charge in [0.05, 0.1) is 23.9 Å². The molecule has 1 saturated heterocycles. The number of hydrogen-bond donors (Lipinski definition) is 1. The lowest BCUT2D eigenvalue weighted by Gasteiger charge is -2.37. The lowest BCUT2D eigenvalue weighted by Crippen LogP contribution is -2.56. The number of nitrogens with one attached hydrogen (secondary N) is 1. The third kappa shape index (κ3) is 5.43. The van der Waals surface area contributed by atoms with Crippen molar-refractivity contribution in [1.29, 1.82) is 0 Å². The van der Waals surface area contributed by atoms with Gasteiger partial charge in [-0.2, -0.15) is 5.10 Å². The van der Waals surface area contributed by atoms with Gasteiger partial charge >= 0.3 is 0 Å². The standard InChI is InChI=1S/C26H31Cl2N5O2/c1-35-21-9-6-18(7-10-21)25-17-23(29-33(25)24-11-8-19(27)16-22(24)28)26(34)30-32-14-12-31(13-15-32)20-4-2-3-5-20/h6-11,16,20,25H,2-5,12-15,17H2,1H3,(H,30,34). The van der Waals surface area contributed by atoms with E-state index in [1.807, 2.05) is 40.3 Å². The van der Waals surface area contributed by atoms with E-state index in [0.29, 0.717) is 27.9 Å². The van der Waals surface area contributed by atoms with Crippen LogP contribution in [0.4, 0.5) is 5.69 Å². The Morgan fingerprint density at radius 1 is 1.03 bits per heavy atom. The molecule has 1 aliphatic carbocycles. The van der Waals surface area contributed by atoms with Crippen molar-refractivity contribution < 1.29 is 9.53 Å². The summed E-state index contributed by atoms with van der Waals surface area (Å²) >= 11 is 12.7. The number of hydrazine groups is 1. The quantitative estimate of drug-likeness (QED) is 0.592. The van der Waals surface area contributed by atoms with Crippen LogP contribution in [-0.2, 0) is 4.79 Å². The molecule has 186 valence electrons. The van der Waals surface area contributed by atoms with Gasteiger partial charge in [0, 0.05) is 43.7 Å². The Morgan fingerprint density at radius 3 is 2.40 bits per heavy atom. The molecule has 2 aromatic carbocycles. The fourth-order valence-electron chi connectivity index (χ4n) is 5.30. The van der Waals surface area contributed by atoms with E-state index in [1.165, 1.54) is 25.7 Å². The Morgan fingerprint density at radius 2 is 1.74 bits per heavy atom. The fraction of sp³-hybridized carbons (Fsp3) is 0.462. The third-order valence-corrected chi connectivity index (χ3v) is 7.78. The first-order valence-corrected chi connectivity index (χ1v) is 13.0. The van der Waals surface area contributed by atoms with Gasteiger partial charge in [-0.15, -0.1) is 0 Å². The first kappa shape index (κ1) is 24.4. The van der Waals surface area contributed by atoms with Gasteiger partial charge < -0.3 is 4.74 Å². The Kier molecular flexibility index (Phi) is 7.48. The lowest BCUT2D eigenvalue weighted by molar-refractivity contribution is -0.120. The molecule has 1 atom stereocenters. The highest BCUT2D eigenvalue weighted by molar-refractivity contribution is 6.40. The number of ether oxygens (including phenoxy) is 1. The molecule has 2 heterocycles. The monoisotopic (exact) mass is 515 g/mol. The molecule has 1 N–H and O–H groups in total. The zero-order valence-electron chi connectivity index (χ0n) is 19.9. The molecule has 0 aromatic heterocycles. The predicted octanol–water partition coefficient (Wildman–Crippen LogP) is 4.90. The molecule has 0 bridgehead atoms. The van der Waals surface area contributed by atoms with Crippen LogP contribution in [0.25, 0.3) is 0 Å². The highest BCUT2D eigenvalue weighted by atomic mass is 35.5. The van der Waals surface area contributed by atoms with E-state index in [1.54, 1.807) is 19.2 Å². The topological polar surface area (TPSA) is 60.4 Å². The Balaban J connectivity index is 1.31. The molecule has 1 amide bonds. The summed E-state index contributed by atoms with van der Waals surface area (Å²) in [5, 5.41) is 9.63. The lowest BCUT2D eigenvalue weighted by atomic mass is 10.0. The van der Waals surface area contributed by atoms with Crippen molar-refractivity contribution in [3.8, 4) is 5.75 Å². The van der Waals surface area contributed by atoms with Crippen molar-refractivity contribution in [2.45, 2.75) is 44.2 Å². The number of amides is 1. The minimum atomic E-state index is -0.167. The van der Waals surface area contributed by atoms with Crippen molar-refractivity contribution in [2.75, 3.05) is 38.3 Å². The smallest absolute Gasteiger partial charge is 0.281 e. The summed E-state index contributed by atoms with van der Waals surface area (Å²) in [6, 6.07) is 13.7. The molecule has 1 unspecified atom stereocenters. The minimum Gasteiger partial charge on any atom is -0.497 e. The molecule has 2 aliphatic heterocycles. The number of methoxy groups -OCH3 is 1. The van der Waals surface area contributed by atoms with Gasteiger partial charge in [0.25, 0.3) is 5.91 Å². The molecule has 0 spiro atoms. The van der Waals surface area contributed by atoms with E-state index in [0.717, 1.165) is 43.5 Å². The number of benzene rings is 2. The van der Waals surface area contributed by atoms with Crippen LogP contribution in [0.2, 0.25) is 10.0 Å². The van der Waals surface area contributed by atoms with E-state index in [2.05, 4.69) is 10.3 Å². The maximum Gasteiger partial charge on any atom is 0.281 e. The summed E-state index contributed by atoms with van der Waals surface area (Å²) in [7, 11) is 1.64. The maximum absolute atomic E-state index is 13.2. The van der Waals surface area contributed by atoms with Gasteiger partial charge in [-0.25, -0.2) is 5.01 Å². The highest BCUT2D eigenvalue weighted by Crippen LogP contribution is 2.40. The average Bonchev–Trinajstić information content (AvgIpc) is 3.56. The molecule has 35 heavy (non-hydrogen) atoms. The van der Waals surface area contributed by atoms with E-state index in [4.69, 9.17) is 33.0 Å². The first-order valence-electron chi connectivity index (χ1n) is 12.3. The number of halogens is 2. The van der Waals surface area contributed by atoms with Crippen molar-refractivity contribution in [3.63, 3.8) is 0 Å². The summed E-state index contributed by atoms with van der Waals surface area (Å²) in [6.07, 6.45) is 5.76. The van der Waals surface area contributed by atoms with Crippen LogP contribution in [0, 0.1) is 0 Å². The van der Waals surface area contributed by atoms with Crippen molar-refractivity contribution in [2.24, 2.45) is 5.10 Å². The van der Waals surface area contributed by atoms with Gasteiger partial charge in [0.1, 0.15) is 11.5 Å². The number of carbonyl (C=O) groups excluding carboxylic acids is 1. The third-order valence-electron chi connectivity index (χ3n) is 7.24. The zero-order valence-corrected chi connectivity index (χ0v) is 21.4. The number of hydrazone groups is 1. The minimum absolute atomic E-state index is 0.162. The number of anilines is 1. The predicted molar refractivity (Wildman–Crippen MR) is 140 cm³/mol. The highest BCUT2D eigenvalue weighted by Gasteiger charge is 2.34. The Labute approximate surface area is 216 Å². The van der Waals surface area contributed by atoms with E-state index < -0.39 is 0 Å². The molecule has 2 aromatic rings. The van der Waals surface area contributed by atoms with Gasteiger partial charge in [0.2, 0.25) is 0 Å². The van der Waals surface area contributed by atoms with Crippen LogP contribution >= 0.6 is 23.2 Å². The summed E-state index contributed by atoms with van der Waals surface area (Å²) < 4.78 is 5.31. The molecule has 1 saturated carbocycles. The second-order valence-corrected chi connectivity index (χ2v) is 10.2. The number of rotatable bonds is 6. The molecule has 7 nitrogen and oxygen atoms in total. The second-order valence-electron chi connectivity index (χ2n) is 9.38. The summed E-state index contributed by atoms with van der Waals surface area (Å²) in [4.78, 5) is 15.8. The van der Waals surface area contributed by atoms with Crippen LogP contribution in [0.5, 0.6) is 5.75 Å². The Hall–Kier alpha value is -2.32. The van der Waals surface area contributed by atoms with Crippen LogP contribution in [0.15, 0.2) is 47.6 Å². The molecule has 2 fully saturated rings. The zero-order chi connectivity index (χ0) is 24.4. The Bertz CT molecular complexity index is 1080. The van der Waals surface area contributed by atoms with E-state index in [-0.39, 0.29) is 11.9 Å². The normalized spacial score (nSPS) is 21.9. The SMILES string of the molecule is COc1ccc(C2CC(C(=O)NN3CCN(C4CCCC4)CC3)=NN2c2ccc(Cl)cc2Cl)cc1. The van der Waals surface area contributed by atoms with Gasteiger partial charge in [-0.1, -0.05) is 48.2 Å². The summed E-state index contributed by atoms with van der Waals surface area (Å²) in [5.74, 6) is 0.615. The van der Waals surface area contributed by atoms with Crippen molar-refractivity contribution in [3.05, 3.63) is 58.1 Å². The maximum atomic E-state index is 13.2. The fourth-order valence-corrected chi connectivity index (χ4v) is 5.79. The molecule has 3 aliphatic rings. The van der Waals surface area contributed by atoms with Crippen molar-refractivity contribution in [1.82, 2.24) is 15.3 Å². The molecular weight excluding hydrogens is 485 g/mol. The van der Waals surface area contributed by atoms with Crippen LogP contribution in [0.1, 0.15) is 43.7 Å². The molecular formula is C26H31Cl2N5O2. The van der Waals surface area contributed by atoms with Gasteiger partial charge in [-0.05, 0) is 48.7 Å². The first-order chi connectivity index (χ1) is 17.0. The number of carbonyl (C=O) groups is 1. The largest absolute Gasteiger partial charge is 0.497 e. The molecule has 9 heteroatoms.